The summed E-state index contributed by atoms with van der Waals surface area (Å²) in [5.41, 5.74) is 5.71. The van der Waals surface area contributed by atoms with E-state index in [1.165, 1.54) is 12.8 Å². The molecular formula is C10H25N3. The lowest BCUT2D eigenvalue weighted by Crippen LogP contribution is -2.41. The van der Waals surface area contributed by atoms with E-state index < -0.39 is 0 Å². The molecule has 0 fully saturated rings. The Morgan fingerprint density at radius 3 is 2.15 bits per heavy atom. The second-order valence-corrected chi connectivity index (χ2v) is 3.96. The van der Waals surface area contributed by atoms with Crippen molar-refractivity contribution in [2.75, 3.05) is 40.8 Å². The van der Waals surface area contributed by atoms with Gasteiger partial charge in [-0.25, -0.2) is 0 Å². The molecule has 0 heterocycles. The SMILES string of the molecule is CCCC(CN)N(C)CCN(C)C. The van der Waals surface area contributed by atoms with Gasteiger partial charge in [-0.2, -0.15) is 0 Å². The van der Waals surface area contributed by atoms with Crippen LogP contribution in [0.4, 0.5) is 0 Å². The Balaban J connectivity index is 3.69. The second kappa shape index (κ2) is 7.30. The van der Waals surface area contributed by atoms with Crippen LogP contribution in [0.5, 0.6) is 0 Å². The highest BCUT2D eigenvalue weighted by Gasteiger charge is 2.11. The van der Waals surface area contributed by atoms with Crippen LogP contribution in [-0.2, 0) is 0 Å². The Morgan fingerprint density at radius 1 is 1.15 bits per heavy atom. The molecule has 0 bridgehead atoms. The maximum atomic E-state index is 5.71. The van der Waals surface area contributed by atoms with Crippen molar-refractivity contribution in [3.63, 3.8) is 0 Å². The molecule has 0 aliphatic rings. The molecule has 1 atom stereocenters. The molecule has 0 amide bonds. The van der Waals surface area contributed by atoms with Crippen molar-refractivity contribution in [1.82, 2.24) is 9.80 Å². The van der Waals surface area contributed by atoms with Gasteiger partial charge >= 0.3 is 0 Å². The van der Waals surface area contributed by atoms with Gasteiger partial charge in [-0.15, -0.1) is 0 Å². The van der Waals surface area contributed by atoms with Crippen molar-refractivity contribution in [2.45, 2.75) is 25.8 Å². The fourth-order valence-electron chi connectivity index (χ4n) is 1.39. The number of hydrogen-bond donors (Lipinski definition) is 1. The molecule has 80 valence electrons. The van der Waals surface area contributed by atoms with E-state index in [2.05, 4.69) is 37.9 Å². The van der Waals surface area contributed by atoms with Crippen LogP contribution in [0.2, 0.25) is 0 Å². The number of hydrogen-bond acceptors (Lipinski definition) is 3. The minimum Gasteiger partial charge on any atom is -0.329 e. The van der Waals surface area contributed by atoms with Gasteiger partial charge in [-0.1, -0.05) is 13.3 Å². The predicted molar refractivity (Wildman–Crippen MR) is 58.9 cm³/mol. The first-order valence-electron chi connectivity index (χ1n) is 5.16. The average molecular weight is 187 g/mol. The molecule has 0 aliphatic heterocycles. The van der Waals surface area contributed by atoms with E-state index in [1.807, 2.05) is 0 Å². The maximum Gasteiger partial charge on any atom is 0.0215 e. The Bertz CT molecular complexity index is 115. The first-order valence-corrected chi connectivity index (χ1v) is 5.16. The van der Waals surface area contributed by atoms with E-state index in [-0.39, 0.29) is 0 Å². The van der Waals surface area contributed by atoms with E-state index in [9.17, 15) is 0 Å². The molecule has 0 saturated carbocycles. The van der Waals surface area contributed by atoms with Crippen LogP contribution in [-0.4, -0.2) is 56.6 Å². The van der Waals surface area contributed by atoms with Gasteiger partial charge in [0, 0.05) is 25.7 Å². The summed E-state index contributed by atoms with van der Waals surface area (Å²) in [4.78, 5) is 4.57. The van der Waals surface area contributed by atoms with E-state index in [4.69, 9.17) is 5.73 Å². The summed E-state index contributed by atoms with van der Waals surface area (Å²) < 4.78 is 0. The molecule has 0 aliphatic carbocycles. The molecular weight excluding hydrogens is 162 g/mol. The lowest BCUT2D eigenvalue weighted by molar-refractivity contribution is 0.211. The van der Waals surface area contributed by atoms with E-state index in [0.717, 1.165) is 19.6 Å². The number of likely N-dealkylation sites (N-methyl/N-ethyl adjacent to an activating group) is 2. The third-order valence-corrected chi connectivity index (χ3v) is 2.42. The van der Waals surface area contributed by atoms with Gasteiger partial charge in [0.15, 0.2) is 0 Å². The smallest absolute Gasteiger partial charge is 0.0215 e. The molecule has 0 radical (unpaired) electrons. The lowest BCUT2D eigenvalue weighted by atomic mass is 10.1. The van der Waals surface area contributed by atoms with Crippen LogP contribution in [0, 0.1) is 0 Å². The third-order valence-electron chi connectivity index (χ3n) is 2.42. The minimum atomic E-state index is 0.560. The van der Waals surface area contributed by atoms with Crippen LogP contribution in [0.1, 0.15) is 19.8 Å². The van der Waals surface area contributed by atoms with Crippen LogP contribution < -0.4 is 5.73 Å². The zero-order valence-electron chi connectivity index (χ0n) is 9.58. The van der Waals surface area contributed by atoms with E-state index in [0.29, 0.717) is 6.04 Å². The monoisotopic (exact) mass is 187 g/mol. The predicted octanol–water partition coefficient (Wildman–Crippen LogP) is 0.607. The molecule has 0 rings (SSSR count). The molecule has 0 saturated heterocycles. The van der Waals surface area contributed by atoms with Crippen LogP contribution in [0.15, 0.2) is 0 Å². The van der Waals surface area contributed by atoms with Gasteiger partial charge in [-0.05, 0) is 27.6 Å². The Hall–Kier alpha value is -0.120. The zero-order chi connectivity index (χ0) is 10.3. The van der Waals surface area contributed by atoms with Gasteiger partial charge in [0.2, 0.25) is 0 Å². The van der Waals surface area contributed by atoms with Crippen LogP contribution in [0.3, 0.4) is 0 Å². The molecule has 0 aromatic carbocycles. The van der Waals surface area contributed by atoms with Crippen molar-refractivity contribution < 1.29 is 0 Å². The maximum absolute atomic E-state index is 5.71. The summed E-state index contributed by atoms with van der Waals surface area (Å²) in [5.74, 6) is 0. The minimum absolute atomic E-state index is 0.560. The van der Waals surface area contributed by atoms with Gasteiger partial charge in [-0.3, -0.25) is 0 Å². The van der Waals surface area contributed by atoms with E-state index in [1.54, 1.807) is 0 Å². The Labute approximate surface area is 82.9 Å². The molecule has 0 aromatic heterocycles. The molecule has 3 heteroatoms. The van der Waals surface area contributed by atoms with Crippen molar-refractivity contribution >= 4 is 0 Å². The first kappa shape index (κ1) is 12.9. The van der Waals surface area contributed by atoms with Gasteiger partial charge in [0.1, 0.15) is 0 Å². The van der Waals surface area contributed by atoms with Gasteiger partial charge in [0.05, 0.1) is 0 Å². The van der Waals surface area contributed by atoms with Gasteiger partial charge in [0.25, 0.3) is 0 Å². The summed E-state index contributed by atoms with van der Waals surface area (Å²) in [5, 5.41) is 0. The van der Waals surface area contributed by atoms with Crippen molar-refractivity contribution in [3.8, 4) is 0 Å². The normalized spacial score (nSPS) is 14.1. The Kier molecular flexibility index (Phi) is 7.23. The number of nitrogens with two attached hydrogens (primary N) is 1. The largest absolute Gasteiger partial charge is 0.329 e. The molecule has 0 spiro atoms. The van der Waals surface area contributed by atoms with Crippen molar-refractivity contribution in [2.24, 2.45) is 5.73 Å². The highest BCUT2D eigenvalue weighted by molar-refractivity contribution is 4.69. The fourth-order valence-corrected chi connectivity index (χ4v) is 1.39. The second-order valence-electron chi connectivity index (χ2n) is 3.96. The molecule has 0 aromatic rings. The fraction of sp³-hybridized carbons (Fsp3) is 1.00. The standard InChI is InChI=1S/C10H25N3/c1-5-6-10(9-11)13(4)8-7-12(2)3/h10H,5-9,11H2,1-4H3. The summed E-state index contributed by atoms with van der Waals surface area (Å²) in [7, 11) is 6.37. The molecule has 13 heavy (non-hydrogen) atoms. The molecule has 2 N–H and O–H groups in total. The highest BCUT2D eigenvalue weighted by atomic mass is 15.2. The lowest BCUT2D eigenvalue weighted by Gasteiger charge is -2.27. The summed E-state index contributed by atoms with van der Waals surface area (Å²) in [6.45, 7) is 5.20. The number of rotatable bonds is 7. The topological polar surface area (TPSA) is 32.5 Å². The van der Waals surface area contributed by atoms with Crippen molar-refractivity contribution in [1.29, 1.82) is 0 Å². The quantitative estimate of drug-likeness (QED) is 0.634. The zero-order valence-corrected chi connectivity index (χ0v) is 9.58. The summed E-state index contributed by atoms with van der Waals surface area (Å²) >= 11 is 0. The van der Waals surface area contributed by atoms with Crippen LogP contribution in [0.25, 0.3) is 0 Å². The Morgan fingerprint density at radius 2 is 1.77 bits per heavy atom. The first-order chi connectivity index (χ1) is 6.11. The highest BCUT2D eigenvalue weighted by Crippen LogP contribution is 2.02. The molecule has 1 unspecified atom stereocenters. The summed E-state index contributed by atoms with van der Waals surface area (Å²) in [6.07, 6.45) is 2.43. The van der Waals surface area contributed by atoms with Gasteiger partial charge < -0.3 is 15.5 Å². The number of nitrogens with zero attached hydrogens (tertiary/aromatic N) is 2. The van der Waals surface area contributed by atoms with Crippen molar-refractivity contribution in [3.05, 3.63) is 0 Å². The van der Waals surface area contributed by atoms with E-state index >= 15 is 0 Å². The average Bonchev–Trinajstić information content (AvgIpc) is 2.10. The third kappa shape index (κ3) is 6.02. The molecule has 3 nitrogen and oxygen atoms in total. The van der Waals surface area contributed by atoms with Crippen LogP contribution >= 0.6 is 0 Å². The summed E-state index contributed by atoms with van der Waals surface area (Å²) in [6, 6.07) is 0.560.